The molecule has 0 amide bonds. The quantitative estimate of drug-likeness (QED) is 0.239. The molecule has 0 aliphatic heterocycles. The predicted molar refractivity (Wildman–Crippen MR) is 91.5 cm³/mol. The van der Waals surface area contributed by atoms with Gasteiger partial charge in [-0.05, 0) is 39.0 Å². The van der Waals surface area contributed by atoms with Crippen molar-refractivity contribution in [2.24, 2.45) is 11.5 Å². The van der Waals surface area contributed by atoms with Crippen LogP contribution in [-0.2, 0) is 6.42 Å². The molecular formula is C15H27N5OS. The molecule has 0 unspecified atom stereocenters. The van der Waals surface area contributed by atoms with Gasteiger partial charge in [0.05, 0.1) is 21.1 Å². The first-order valence-corrected chi connectivity index (χ1v) is 8.53. The van der Waals surface area contributed by atoms with Crippen LogP contribution >= 0.6 is 11.3 Å². The van der Waals surface area contributed by atoms with Gasteiger partial charge in [0.25, 0.3) is 0 Å². The van der Waals surface area contributed by atoms with Crippen molar-refractivity contribution < 1.29 is 4.79 Å². The van der Waals surface area contributed by atoms with Crippen molar-refractivity contribution in [3.05, 3.63) is 15.6 Å². The number of Topliss-reactive ketones (excluding diaryl/α,β-unsaturated/α-hetero) is 1. The van der Waals surface area contributed by atoms with E-state index in [1.165, 1.54) is 11.3 Å². The molecule has 1 heterocycles. The number of unbranched alkanes of at least 4 members (excludes halogenated alkanes) is 1. The third-order valence-electron chi connectivity index (χ3n) is 3.88. The number of carbonyl (C=O) groups excluding carboxylic acids is 1. The van der Waals surface area contributed by atoms with E-state index in [0.29, 0.717) is 24.3 Å². The highest BCUT2D eigenvalue weighted by atomic mass is 32.1. The molecule has 6 N–H and O–H groups in total. The van der Waals surface area contributed by atoms with Crippen LogP contribution in [0.15, 0.2) is 0 Å². The van der Waals surface area contributed by atoms with Gasteiger partial charge in [0.2, 0.25) is 0 Å². The number of nitrogens with two attached hydrogens (primary N) is 2. The molecule has 0 fully saturated rings. The zero-order valence-electron chi connectivity index (χ0n) is 13.7. The standard InChI is InChI=1S/C15H27N5OS/c1-4-15(18,5-2)13(21)12-11(20-10(3)22-12)8-6-7-9-19-14(16)17/h4-9,18H2,1-3H3,(H4,16,17,19). The van der Waals surface area contributed by atoms with E-state index in [1.807, 2.05) is 20.8 Å². The summed E-state index contributed by atoms with van der Waals surface area (Å²) in [5, 5.41) is 10.8. The summed E-state index contributed by atoms with van der Waals surface area (Å²) < 4.78 is 0. The number of thiazole rings is 1. The minimum atomic E-state index is -0.788. The van der Waals surface area contributed by atoms with E-state index in [-0.39, 0.29) is 11.7 Å². The molecule has 0 spiro atoms. The van der Waals surface area contributed by atoms with Crippen LogP contribution in [0.4, 0.5) is 0 Å². The summed E-state index contributed by atoms with van der Waals surface area (Å²) in [5.41, 5.74) is 11.5. The largest absolute Gasteiger partial charge is 0.370 e. The fraction of sp³-hybridized carbons (Fsp3) is 0.667. The maximum atomic E-state index is 12.7. The molecule has 0 aliphatic rings. The van der Waals surface area contributed by atoms with Crippen molar-refractivity contribution >= 4 is 23.1 Å². The van der Waals surface area contributed by atoms with Gasteiger partial charge in [-0.1, -0.05) is 13.8 Å². The molecule has 0 atom stereocenters. The van der Waals surface area contributed by atoms with Gasteiger partial charge in [0.15, 0.2) is 11.7 Å². The first-order chi connectivity index (χ1) is 10.3. The van der Waals surface area contributed by atoms with Crippen LogP contribution in [0, 0.1) is 12.3 Å². The average molecular weight is 325 g/mol. The molecule has 0 aromatic carbocycles. The van der Waals surface area contributed by atoms with Gasteiger partial charge >= 0.3 is 0 Å². The third kappa shape index (κ3) is 4.78. The van der Waals surface area contributed by atoms with Crippen molar-refractivity contribution in [2.45, 2.75) is 58.4 Å². The van der Waals surface area contributed by atoms with Crippen LogP contribution in [-0.4, -0.2) is 28.8 Å². The van der Waals surface area contributed by atoms with Crippen molar-refractivity contribution in [1.82, 2.24) is 10.3 Å². The first-order valence-electron chi connectivity index (χ1n) is 7.72. The van der Waals surface area contributed by atoms with Gasteiger partial charge < -0.3 is 16.8 Å². The summed E-state index contributed by atoms with van der Waals surface area (Å²) >= 11 is 1.44. The third-order valence-corrected chi connectivity index (χ3v) is 4.89. The Bertz CT molecular complexity index is 522. The minimum Gasteiger partial charge on any atom is -0.370 e. The zero-order chi connectivity index (χ0) is 16.8. The molecule has 6 nitrogen and oxygen atoms in total. The van der Waals surface area contributed by atoms with E-state index in [0.717, 1.165) is 30.0 Å². The number of hydrogen-bond donors (Lipinski definition) is 4. The summed E-state index contributed by atoms with van der Waals surface area (Å²) in [6, 6.07) is 0. The topological polar surface area (TPSA) is 118 Å². The maximum absolute atomic E-state index is 12.7. The Hall–Kier alpha value is -1.47. The zero-order valence-corrected chi connectivity index (χ0v) is 14.5. The van der Waals surface area contributed by atoms with Crippen LogP contribution in [0.1, 0.15) is 59.9 Å². The normalized spacial score (nSPS) is 11.5. The monoisotopic (exact) mass is 325 g/mol. The summed E-state index contributed by atoms with van der Waals surface area (Å²) in [4.78, 5) is 17.9. The fourth-order valence-electron chi connectivity index (χ4n) is 2.25. The van der Waals surface area contributed by atoms with Crippen LogP contribution < -0.4 is 16.8 Å². The van der Waals surface area contributed by atoms with Gasteiger partial charge in [0, 0.05) is 6.54 Å². The number of nitrogens with one attached hydrogen (secondary N) is 2. The summed E-state index contributed by atoms with van der Waals surface area (Å²) in [7, 11) is 0. The second-order valence-corrected chi connectivity index (χ2v) is 6.70. The number of carbonyl (C=O) groups is 1. The molecule has 1 aromatic heterocycles. The predicted octanol–water partition coefficient (Wildman–Crippen LogP) is 1.96. The van der Waals surface area contributed by atoms with Crippen LogP contribution in [0.3, 0.4) is 0 Å². The van der Waals surface area contributed by atoms with E-state index < -0.39 is 5.54 Å². The minimum absolute atomic E-state index is 0.0139. The van der Waals surface area contributed by atoms with Crippen LogP contribution in [0.5, 0.6) is 0 Å². The first kappa shape index (κ1) is 18.6. The second-order valence-electron chi connectivity index (χ2n) is 5.50. The molecule has 0 saturated carbocycles. The lowest BCUT2D eigenvalue weighted by Gasteiger charge is -2.24. The highest BCUT2D eigenvalue weighted by molar-refractivity contribution is 7.13. The van der Waals surface area contributed by atoms with E-state index in [1.54, 1.807) is 0 Å². The van der Waals surface area contributed by atoms with Crippen molar-refractivity contribution in [2.75, 3.05) is 6.54 Å². The number of aromatic nitrogens is 1. The second kappa shape index (κ2) is 8.24. The molecule has 0 saturated heterocycles. The summed E-state index contributed by atoms with van der Waals surface area (Å²) in [5.74, 6) is -0.000799. The summed E-state index contributed by atoms with van der Waals surface area (Å²) in [6.07, 6.45) is 3.76. The number of guanidine groups is 1. The Morgan fingerprint density at radius 2 is 2.00 bits per heavy atom. The highest BCUT2D eigenvalue weighted by Crippen LogP contribution is 2.26. The summed E-state index contributed by atoms with van der Waals surface area (Å²) in [6.45, 7) is 6.47. The molecule has 0 radical (unpaired) electrons. The molecule has 1 aromatic rings. The smallest absolute Gasteiger partial charge is 0.194 e. The Morgan fingerprint density at radius 3 is 2.55 bits per heavy atom. The lowest BCUT2D eigenvalue weighted by molar-refractivity contribution is 0.0882. The average Bonchev–Trinajstić information content (AvgIpc) is 2.85. The fourth-order valence-corrected chi connectivity index (χ4v) is 3.27. The van der Waals surface area contributed by atoms with E-state index in [2.05, 4.69) is 10.3 Å². The van der Waals surface area contributed by atoms with Gasteiger partial charge in [-0.25, -0.2) is 4.98 Å². The van der Waals surface area contributed by atoms with Gasteiger partial charge in [-0.3, -0.25) is 10.2 Å². The SMILES string of the molecule is CCC(N)(CC)C(=O)c1sc(C)nc1CCCCNC(=N)N. The number of aryl methyl sites for hydroxylation is 2. The van der Waals surface area contributed by atoms with Gasteiger partial charge in [0.1, 0.15) is 0 Å². The number of rotatable bonds is 9. The Labute approximate surface area is 136 Å². The Kier molecular flexibility index (Phi) is 6.96. The van der Waals surface area contributed by atoms with E-state index in [4.69, 9.17) is 16.9 Å². The van der Waals surface area contributed by atoms with Crippen LogP contribution in [0.25, 0.3) is 0 Å². The molecule has 1 rings (SSSR count). The number of ketones is 1. The van der Waals surface area contributed by atoms with Gasteiger partial charge in [-0.15, -0.1) is 11.3 Å². The Balaban J connectivity index is 2.73. The van der Waals surface area contributed by atoms with E-state index >= 15 is 0 Å². The molecular weight excluding hydrogens is 298 g/mol. The number of hydrogen-bond acceptors (Lipinski definition) is 5. The van der Waals surface area contributed by atoms with Crippen molar-refractivity contribution in [1.29, 1.82) is 5.41 Å². The molecule has 22 heavy (non-hydrogen) atoms. The molecule has 124 valence electrons. The highest BCUT2D eigenvalue weighted by Gasteiger charge is 2.33. The lowest BCUT2D eigenvalue weighted by Crippen LogP contribution is -2.46. The number of nitrogens with zero attached hydrogens (tertiary/aromatic N) is 1. The molecule has 0 aliphatic carbocycles. The van der Waals surface area contributed by atoms with Gasteiger partial charge in [-0.2, -0.15) is 0 Å². The van der Waals surface area contributed by atoms with Crippen molar-refractivity contribution in [3.8, 4) is 0 Å². The van der Waals surface area contributed by atoms with E-state index in [9.17, 15) is 4.79 Å². The molecule has 0 bridgehead atoms. The van der Waals surface area contributed by atoms with Crippen molar-refractivity contribution in [3.63, 3.8) is 0 Å². The Morgan fingerprint density at radius 1 is 1.36 bits per heavy atom. The lowest BCUT2D eigenvalue weighted by atomic mass is 9.87. The maximum Gasteiger partial charge on any atom is 0.194 e. The van der Waals surface area contributed by atoms with Crippen LogP contribution in [0.2, 0.25) is 0 Å². The molecule has 7 heteroatoms.